The van der Waals surface area contributed by atoms with Gasteiger partial charge in [0, 0.05) is 0 Å². The topological polar surface area (TPSA) is 84.9 Å². The Morgan fingerprint density at radius 1 is 1.75 bits per heavy atom. The molecule has 0 heterocycles. The number of carboxylic acids is 1. The molecule has 0 amide bonds. The van der Waals surface area contributed by atoms with E-state index in [1.807, 2.05) is 0 Å². The van der Waals surface area contributed by atoms with Crippen LogP contribution in [-0.4, -0.2) is 23.5 Å². The third kappa shape index (κ3) is 5.52. The number of oxime groups is 1. The summed E-state index contributed by atoms with van der Waals surface area (Å²) in [5, 5.41) is 11.9. The Balaban J connectivity index is 3.44. The molecule has 0 aliphatic heterocycles. The molecule has 0 aliphatic rings. The molecule has 3 N–H and O–H groups in total. The van der Waals surface area contributed by atoms with Crippen LogP contribution in [-0.2, 0) is 9.63 Å². The Bertz CT molecular complexity index is 175. The van der Waals surface area contributed by atoms with Gasteiger partial charge >= 0.3 is 5.97 Å². The summed E-state index contributed by atoms with van der Waals surface area (Å²) in [6.07, 6.45) is 0.437. The maximum absolute atomic E-state index is 10.3. The minimum absolute atomic E-state index is 0.280. The first-order valence-electron chi connectivity index (χ1n) is 3.69. The summed E-state index contributed by atoms with van der Waals surface area (Å²) in [4.78, 5) is 15.0. The molecule has 0 saturated heterocycles. The van der Waals surface area contributed by atoms with Gasteiger partial charge in [0.25, 0.3) is 0 Å². The Labute approximate surface area is 71.2 Å². The summed E-state index contributed by atoms with van der Waals surface area (Å²) in [5.74, 6) is -0.900. The third-order valence-electron chi connectivity index (χ3n) is 1.27. The zero-order valence-corrected chi connectivity index (χ0v) is 7.28. The number of carboxylic acid groups (broad SMARTS) is 1. The van der Waals surface area contributed by atoms with Crippen LogP contribution < -0.4 is 5.73 Å². The van der Waals surface area contributed by atoms with Crippen LogP contribution in [0.3, 0.4) is 0 Å². The van der Waals surface area contributed by atoms with E-state index in [0.717, 1.165) is 0 Å². The summed E-state index contributed by atoms with van der Waals surface area (Å²) in [6.45, 7) is 3.49. The predicted octanol–water partition coefficient (Wildman–Crippen LogP) is 0.406. The van der Waals surface area contributed by atoms with E-state index >= 15 is 0 Å². The molecule has 0 aromatic rings. The monoisotopic (exact) mass is 174 g/mol. The zero-order chi connectivity index (χ0) is 9.56. The molecule has 0 rings (SSSR count). The number of hydrogen-bond donors (Lipinski definition) is 2. The van der Waals surface area contributed by atoms with Gasteiger partial charge in [-0.05, 0) is 13.3 Å². The number of nitrogens with two attached hydrogens (primary N) is 1. The first kappa shape index (κ1) is 10.7. The fourth-order valence-electron chi connectivity index (χ4n) is 0.500. The first-order valence-corrected chi connectivity index (χ1v) is 3.69. The molecule has 0 bridgehead atoms. The normalized spacial score (nSPS) is 14.0. The lowest BCUT2D eigenvalue weighted by atomic mass is 10.1. The van der Waals surface area contributed by atoms with Gasteiger partial charge in [-0.1, -0.05) is 12.1 Å². The maximum atomic E-state index is 10.3. The van der Waals surface area contributed by atoms with Crippen LogP contribution in [0.15, 0.2) is 5.16 Å². The summed E-state index contributed by atoms with van der Waals surface area (Å²) < 4.78 is 0. The van der Waals surface area contributed by atoms with Gasteiger partial charge < -0.3 is 15.7 Å². The average molecular weight is 174 g/mol. The van der Waals surface area contributed by atoms with E-state index in [1.54, 1.807) is 13.8 Å². The zero-order valence-electron chi connectivity index (χ0n) is 7.28. The van der Waals surface area contributed by atoms with Gasteiger partial charge in [-0.15, -0.1) is 0 Å². The first-order chi connectivity index (χ1) is 5.54. The van der Waals surface area contributed by atoms with Crippen molar-refractivity contribution < 1.29 is 14.7 Å². The molecular weight excluding hydrogens is 160 g/mol. The van der Waals surface area contributed by atoms with E-state index in [2.05, 4.69) is 5.16 Å². The van der Waals surface area contributed by atoms with Crippen molar-refractivity contribution in [1.29, 1.82) is 0 Å². The van der Waals surface area contributed by atoms with E-state index in [0.29, 0.717) is 12.3 Å². The molecule has 70 valence electrons. The third-order valence-corrected chi connectivity index (χ3v) is 1.27. The van der Waals surface area contributed by atoms with E-state index < -0.39 is 11.9 Å². The molecule has 12 heavy (non-hydrogen) atoms. The summed E-state index contributed by atoms with van der Waals surface area (Å²) in [7, 11) is 0. The molecule has 5 nitrogen and oxygen atoms in total. The highest BCUT2D eigenvalue weighted by Crippen LogP contribution is 2.01. The minimum Gasteiger partial charge on any atom is -0.481 e. The van der Waals surface area contributed by atoms with Gasteiger partial charge in [-0.25, -0.2) is 0 Å². The van der Waals surface area contributed by atoms with Gasteiger partial charge in [0.1, 0.15) is 12.4 Å². The van der Waals surface area contributed by atoms with Crippen LogP contribution in [0.1, 0.15) is 20.3 Å². The van der Waals surface area contributed by atoms with Crippen LogP contribution in [0.25, 0.3) is 0 Å². The highest BCUT2D eigenvalue weighted by molar-refractivity contribution is 5.76. The summed E-state index contributed by atoms with van der Waals surface area (Å²) in [6, 6.07) is 0. The fraction of sp³-hybridized carbons (Fsp3) is 0.714. The van der Waals surface area contributed by atoms with Crippen LogP contribution in [0.5, 0.6) is 0 Å². The van der Waals surface area contributed by atoms with Crippen molar-refractivity contribution in [1.82, 2.24) is 0 Å². The molecular formula is C7H14N2O3. The quantitative estimate of drug-likeness (QED) is 0.273. The second-order valence-corrected chi connectivity index (χ2v) is 2.59. The van der Waals surface area contributed by atoms with Crippen LogP contribution in [0.4, 0.5) is 0 Å². The summed E-state index contributed by atoms with van der Waals surface area (Å²) >= 11 is 0. The number of nitrogens with zero attached hydrogens (tertiary/aromatic N) is 1. The van der Waals surface area contributed by atoms with Crippen molar-refractivity contribution >= 4 is 11.8 Å². The molecule has 0 saturated carbocycles. The standard InChI is InChI=1S/C7H14N2O3/c1-5(7(10)11)3-4-12-9-6(2)8/h5H,3-4H2,1-2H3,(H2,8,9)(H,10,11)/t5-/m0/s1. The van der Waals surface area contributed by atoms with Gasteiger partial charge in [0.2, 0.25) is 0 Å². The second kappa shape index (κ2) is 5.40. The molecule has 1 atom stereocenters. The van der Waals surface area contributed by atoms with Gasteiger partial charge in [0.15, 0.2) is 0 Å². The fourth-order valence-corrected chi connectivity index (χ4v) is 0.500. The second-order valence-electron chi connectivity index (χ2n) is 2.59. The molecule has 0 unspecified atom stereocenters. The highest BCUT2D eigenvalue weighted by Gasteiger charge is 2.09. The number of carbonyl (C=O) groups is 1. The average Bonchev–Trinajstić information content (AvgIpc) is 1.97. The van der Waals surface area contributed by atoms with E-state index in [1.165, 1.54) is 0 Å². The van der Waals surface area contributed by atoms with Gasteiger partial charge in [-0.3, -0.25) is 4.79 Å². The van der Waals surface area contributed by atoms with Crippen molar-refractivity contribution in [3.8, 4) is 0 Å². The largest absolute Gasteiger partial charge is 0.481 e. The van der Waals surface area contributed by atoms with Gasteiger partial charge in [0.05, 0.1) is 5.92 Å². The minimum atomic E-state index is -0.827. The van der Waals surface area contributed by atoms with Crippen molar-refractivity contribution in [3.05, 3.63) is 0 Å². The summed E-state index contributed by atoms with van der Waals surface area (Å²) in [5.41, 5.74) is 5.18. The van der Waals surface area contributed by atoms with Crippen molar-refractivity contribution in [2.75, 3.05) is 6.61 Å². The van der Waals surface area contributed by atoms with Crippen molar-refractivity contribution in [2.24, 2.45) is 16.8 Å². The van der Waals surface area contributed by atoms with Crippen LogP contribution in [0.2, 0.25) is 0 Å². The van der Waals surface area contributed by atoms with E-state index in [9.17, 15) is 4.79 Å². The molecule has 0 fully saturated rings. The Hall–Kier alpha value is -1.26. The number of aliphatic carboxylic acids is 1. The number of rotatable bonds is 5. The van der Waals surface area contributed by atoms with E-state index in [4.69, 9.17) is 15.7 Å². The molecule has 0 spiro atoms. The Morgan fingerprint density at radius 3 is 2.75 bits per heavy atom. The Morgan fingerprint density at radius 2 is 2.33 bits per heavy atom. The molecule has 5 heteroatoms. The molecule has 0 aromatic carbocycles. The number of amidine groups is 1. The van der Waals surface area contributed by atoms with Crippen LogP contribution in [0, 0.1) is 5.92 Å². The van der Waals surface area contributed by atoms with Crippen molar-refractivity contribution in [3.63, 3.8) is 0 Å². The van der Waals surface area contributed by atoms with Crippen molar-refractivity contribution in [2.45, 2.75) is 20.3 Å². The molecule has 0 aromatic heterocycles. The molecule has 0 aliphatic carbocycles. The maximum Gasteiger partial charge on any atom is 0.306 e. The predicted molar refractivity (Wildman–Crippen MR) is 44.7 cm³/mol. The molecule has 0 radical (unpaired) electrons. The lowest BCUT2D eigenvalue weighted by molar-refractivity contribution is -0.141. The van der Waals surface area contributed by atoms with Gasteiger partial charge in [-0.2, -0.15) is 0 Å². The lowest BCUT2D eigenvalue weighted by Crippen LogP contribution is -2.12. The highest BCUT2D eigenvalue weighted by atomic mass is 16.6. The lowest BCUT2D eigenvalue weighted by Gasteiger charge is -2.03. The smallest absolute Gasteiger partial charge is 0.306 e. The number of hydrogen-bond acceptors (Lipinski definition) is 3. The Kier molecular flexibility index (Phi) is 4.83. The van der Waals surface area contributed by atoms with Crippen LogP contribution >= 0.6 is 0 Å². The van der Waals surface area contributed by atoms with E-state index in [-0.39, 0.29) is 6.61 Å². The SMILES string of the molecule is C/C(N)=N\OCC[C@H](C)C(=O)O.